The van der Waals surface area contributed by atoms with Crippen LogP contribution in [-0.2, 0) is 9.53 Å². The molecule has 1 atom stereocenters. The number of rotatable bonds is 4. The SMILES string of the molecule is COC(=O)CCC1c2ccccc2-c2c(-c3ccccc3)nnn21. The zero-order valence-corrected chi connectivity index (χ0v) is 13.3. The van der Waals surface area contributed by atoms with Crippen molar-refractivity contribution in [3.8, 4) is 22.5 Å². The smallest absolute Gasteiger partial charge is 0.305 e. The van der Waals surface area contributed by atoms with Crippen LogP contribution in [0.4, 0.5) is 0 Å². The highest BCUT2D eigenvalue weighted by atomic mass is 16.5. The Morgan fingerprint density at radius 2 is 1.88 bits per heavy atom. The van der Waals surface area contributed by atoms with E-state index in [1.54, 1.807) is 0 Å². The molecular weight excluding hydrogens is 302 g/mol. The van der Waals surface area contributed by atoms with E-state index in [0.717, 1.165) is 22.5 Å². The molecule has 24 heavy (non-hydrogen) atoms. The normalized spacial score (nSPS) is 15.0. The fraction of sp³-hybridized carbons (Fsp3) is 0.211. The molecule has 0 amide bonds. The van der Waals surface area contributed by atoms with Crippen molar-refractivity contribution in [2.45, 2.75) is 18.9 Å². The van der Waals surface area contributed by atoms with E-state index >= 15 is 0 Å². The number of methoxy groups -OCH3 is 1. The number of esters is 1. The summed E-state index contributed by atoms with van der Waals surface area (Å²) >= 11 is 0. The number of carbonyl (C=O) groups excluding carboxylic acids is 1. The summed E-state index contributed by atoms with van der Waals surface area (Å²) in [6.07, 6.45) is 1.00. The zero-order chi connectivity index (χ0) is 16.5. The molecule has 2 heterocycles. The van der Waals surface area contributed by atoms with Gasteiger partial charge in [-0.25, -0.2) is 4.68 Å². The second-order valence-corrected chi connectivity index (χ2v) is 5.82. The minimum absolute atomic E-state index is 0.0141. The van der Waals surface area contributed by atoms with E-state index in [-0.39, 0.29) is 12.0 Å². The molecule has 0 N–H and O–H groups in total. The van der Waals surface area contributed by atoms with Gasteiger partial charge in [0.2, 0.25) is 0 Å². The van der Waals surface area contributed by atoms with E-state index in [1.165, 1.54) is 12.7 Å². The fourth-order valence-electron chi connectivity index (χ4n) is 3.32. The van der Waals surface area contributed by atoms with Crippen molar-refractivity contribution in [2.24, 2.45) is 0 Å². The Morgan fingerprint density at radius 3 is 2.67 bits per heavy atom. The van der Waals surface area contributed by atoms with Crippen LogP contribution in [0, 0.1) is 0 Å². The molecule has 0 fully saturated rings. The summed E-state index contributed by atoms with van der Waals surface area (Å²) in [6.45, 7) is 0. The van der Waals surface area contributed by atoms with Crippen molar-refractivity contribution < 1.29 is 9.53 Å². The van der Waals surface area contributed by atoms with Gasteiger partial charge in [-0.15, -0.1) is 5.10 Å². The molecule has 3 aromatic rings. The molecule has 4 rings (SSSR count). The number of aromatic nitrogens is 3. The molecule has 0 radical (unpaired) electrons. The topological polar surface area (TPSA) is 57.0 Å². The summed E-state index contributed by atoms with van der Waals surface area (Å²) < 4.78 is 6.72. The number of benzene rings is 2. The number of ether oxygens (including phenoxy) is 1. The van der Waals surface area contributed by atoms with Gasteiger partial charge in [-0.2, -0.15) is 0 Å². The standard InChI is InChI=1S/C19H17N3O2/c1-24-17(23)12-11-16-14-9-5-6-10-15(14)19-18(20-21-22(16)19)13-7-3-2-4-8-13/h2-10,16H,11-12H2,1H3. The van der Waals surface area contributed by atoms with E-state index in [4.69, 9.17) is 4.74 Å². The summed E-state index contributed by atoms with van der Waals surface area (Å²) in [5.41, 5.74) is 5.26. The number of nitrogens with zero attached hydrogens (tertiary/aromatic N) is 3. The van der Waals surface area contributed by atoms with Gasteiger partial charge in [0.15, 0.2) is 0 Å². The molecule has 5 heteroatoms. The predicted molar refractivity (Wildman–Crippen MR) is 90.3 cm³/mol. The first-order chi connectivity index (χ1) is 11.8. The highest BCUT2D eigenvalue weighted by Crippen LogP contribution is 2.44. The van der Waals surface area contributed by atoms with Gasteiger partial charge in [0.1, 0.15) is 5.69 Å². The lowest BCUT2D eigenvalue weighted by molar-refractivity contribution is -0.140. The number of hydrogen-bond donors (Lipinski definition) is 0. The third-order valence-electron chi connectivity index (χ3n) is 4.46. The van der Waals surface area contributed by atoms with E-state index in [1.807, 2.05) is 47.1 Å². The Labute approximate surface area is 139 Å². The van der Waals surface area contributed by atoms with Gasteiger partial charge in [0.25, 0.3) is 0 Å². The lowest BCUT2D eigenvalue weighted by Gasteiger charge is -2.12. The Bertz CT molecular complexity index is 887. The maximum atomic E-state index is 11.6. The third-order valence-corrected chi connectivity index (χ3v) is 4.46. The van der Waals surface area contributed by atoms with Crippen molar-refractivity contribution in [1.82, 2.24) is 15.0 Å². The molecule has 0 saturated carbocycles. The third kappa shape index (κ3) is 2.29. The molecule has 5 nitrogen and oxygen atoms in total. The van der Waals surface area contributed by atoms with E-state index in [2.05, 4.69) is 22.4 Å². The molecule has 120 valence electrons. The number of carbonyl (C=O) groups is 1. The summed E-state index contributed by atoms with van der Waals surface area (Å²) in [7, 11) is 1.42. The van der Waals surface area contributed by atoms with Crippen LogP contribution in [0.5, 0.6) is 0 Å². The molecule has 0 bridgehead atoms. The Hall–Kier alpha value is -2.95. The Kier molecular flexibility index (Phi) is 3.61. The number of hydrogen-bond acceptors (Lipinski definition) is 4. The van der Waals surface area contributed by atoms with Crippen molar-refractivity contribution in [3.05, 3.63) is 60.2 Å². The van der Waals surface area contributed by atoms with Gasteiger partial charge in [-0.3, -0.25) is 4.79 Å². The van der Waals surface area contributed by atoms with Crippen molar-refractivity contribution >= 4 is 5.97 Å². The average Bonchev–Trinajstić information content (AvgIpc) is 3.19. The van der Waals surface area contributed by atoms with E-state index in [9.17, 15) is 4.79 Å². The molecular formula is C19H17N3O2. The fourth-order valence-corrected chi connectivity index (χ4v) is 3.32. The highest BCUT2D eigenvalue weighted by molar-refractivity contribution is 5.82. The highest BCUT2D eigenvalue weighted by Gasteiger charge is 2.33. The van der Waals surface area contributed by atoms with Gasteiger partial charge in [-0.1, -0.05) is 59.8 Å². The lowest BCUT2D eigenvalue weighted by atomic mass is 9.98. The first-order valence-corrected chi connectivity index (χ1v) is 7.96. The first-order valence-electron chi connectivity index (χ1n) is 7.96. The molecule has 0 aliphatic carbocycles. The van der Waals surface area contributed by atoms with Gasteiger partial charge in [0.05, 0.1) is 18.8 Å². The summed E-state index contributed by atoms with van der Waals surface area (Å²) in [6, 6.07) is 18.3. The van der Waals surface area contributed by atoms with Gasteiger partial charge >= 0.3 is 5.97 Å². The van der Waals surface area contributed by atoms with Crippen LogP contribution < -0.4 is 0 Å². The van der Waals surface area contributed by atoms with Crippen molar-refractivity contribution in [2.75, 3.05) is 7.11 Å². The second-order valence-electron chi connectivity index (χ2n) is 5.82. The van der Waals surface area contributed by atoms with Gasteiger partial charge in [-0.05, 0) is 12.0 Å². The number of fused-ring (bicyclic) bond motifs is 3. The van der Waals surface area contributed by atoms with Crippen LogP contribution in [0.1, 0.15) is 24.4 Å². The second kappa shape index (κ2) is 5.92. The predicted octanol–water partition coefficient (Wildman–Crippen LogP) is 3.47. The van der Waals surface area contributed by atoms with Crippen LogP contribution in [0.2, 0.25) is 0 Å². The monoisotopic (exact) mass is 319 g/mol. The molecule has 0 spiro atoms. The Balaban J connectivity index is 1.79. The zero-order valence-electron chi connectivity index (χ0n) is 13.3. The maximum Gasteiger partial charge on any atom is 0.305 e. The van der Waals surface area contributed by atoms with Crippen molar-refractivity contribution in [3.63, 3.8) is 0 Å². The summed E-state index contributed by atoms with van der Waals surface area (Å²) in [5, 5.41) is 8.79. The molecule has 0 saturated heterocycles. The molecule has 1 aliphatic rings. The lowest BCUT2D eigenvalue weighted by Crippen LogP contribution is -2.11. The summed E-state index contributed by atoms with van der Waals surface area (Å²) in [4.78, 5) is 11.6. The average molecular weight is 319 g/mol. The van der Waals surface area contributed by atoms with Gasteiger partial charge in [0, 0.05) is 17.5 Å². The molecule has 2 aromatic carbocycles. The first kappa shape index (κ1) is 14.6. The van der Waals surface area contributed by atoms with Crippen LogP contribution in [0.15, 0.2) is 54.6 Å². The molecule has 1 unspecified atom stereocenters. The van der Waals surface area contributed by atoms with Crippen LogP contribution in [0.25, 0.3) is 22.5 Å². The minimum Gasteiger partial charge on any atom is -0.469 e. The van der Waals surface area contributed by atoms with E-state index < -0.39 is 0 Å². The van der Waals surface area contributed by atoms with Crippen LogP contribution >= 0.6 is 0 Å². The van der Waals surface area contributed by atoms with Crippen LogP contribution in [0.3, 0.4) is 0 Å². The maximum absolute atomic E-state index is 11.6. The largest absolute Gasteiger partial charge is 0.469 e. The van der Waals surface area contributed by atoms with Crippen LogP contribution in [-0.4, -0.2) is 28.1 Å². The quantitative estimate of drug-likeness (QED) is 0.691. The van der Waals surface area contributed by atoms with E-state index in [0.29, 0.717) is 12.8 Å². The van der Waals surface area contributed by atoms with Crippen molar-refractivity contribution in [1.29, 1.82) is 0 Å². The molecule has 1 aromatic heterocycles. The molecule has 1 aliphatic heterocycles. The summed E-state index contributed by atoms with van der Waals surface area (Å²) in [5.74, 6) is -0.204. The minimum atomic E-state index is -0.204. The Morgan fingerprint density at radius 1 is 1.12 bits per heavy atom. The van der Waals surface area contributed by atoms with Gasteiger partial charge < -0.3 is 4.74 Å².